The number of carbonyl (C=O) groups excluding carboxylic acids is 2. The molecule has 6 heteroatoms. The van der Waals surface area contributed by atoms with Crippen molar-refractivity contribution in [2.75, 3.05) is 6.61 Å². The van der Waals surface area contributed by atoms with Crippen LogP contribution >= 0.6 is 0 Å². The van der Waals surface area contributed by atoms with Crippen LogP contribution in [-0.2, 0) is 19.6 Å². The van der Waals surface area contributed by atoms with Crippen LogP contribution in [0.5, 0.6) is 0 Å². The molecule has 21 heavy (non-hydrogen) atoms. The summed E-state index contributed by atoms with van der Waals surface area (Å²) < 4.78 is 4.63. The topological polar surface area (TPSA) is 71.1 Å². The van der Waals surface area contributed by atoms with E-state index in [2.05, 4.69) is 33.4 Å². The van der Waals surface area contributed by atoms with E-state index in [1.807, 2.05) is 19.1 Å². The van der Waals surface area contributed by atoms with E-state index in [-0.39, 0.29) is 6.61 Å². The maximum Gasteiger partial charge on any atom is 0.543 e. The van der Waals surface area contributed by atoms with Crippen LogP contribution in [0.1, 0.15) is 55.5 Å². The van der Waals surface area contributed by atoms with Gasteiger partial charge >= 0.3 is 12.1 Å². The minimum Gasteiger partial charge on any atom is -0.432 e. The average Bonchev–Trinajstić information content (AvgIpc) is 2.47. The molecule has 1 aromatic carbocycles. The maximum absolute atomic E-state index is 11.6. The standard InChI is InChI=1S/C15H20O6/c1-4-5-10-18-15(17)20-21-19-14(16)13-8-6-12(7-9-13)11(2)3/h6-9,11H,4-5,10H2,1-3H3. The minimum absolute atomic E-state index is 0.226. The molecular formula is C15H20O6. The van der Waals surface area contributed by atoms with Gasteiger partial charge in [0, 0.05) is 0 Å². The predicted octanol–water partition coefficient (Wildman–Crippen LogP) is 3.77. The molecule has 0 saturated heterocycles. The molecule has 0 aliphatic rings. The minimum atomic E-state index is -1.05. The van der Waals surface area contributed by atoms with Crippen LogP contribution in [0.2, 0.25) is 0 Å². The Hall–Kier alpha value is -2.08. The molecule has 116 valence electrons. The van der Waals surface area contributed by atoms with Crippen LogP contribution in [0.3, 0.4) is 0 Å². The number of carbonyl (C=O) groups is 2. The van der Waals surface area contributed by atoms with Gasteiger partial charge in [-0.2, -0.15) is 0 Å². The first-order valence-electron chi connectivity index (χ1n) is 6.86. The van der Waals surface area contributed by atoms with Gasteiger partial charge in [-0.3, -0.25) is 4.89 Å². The molecule has 0 spiro atoms. The van der Waals surface area contributed by atoms with Gasteiger partial charge in [0.15, 0.2) is 0 Å². The summed E-state index contributed by atoms with van der Waals surface area (Å²) in [5, 5.41) is 4.10. The lowest BCUT2D eigenvalue weighted by atomic mass is 10.0. The molecule has 0 fully saturated rings. The molecule has 0 aliphatic carbocycles. The summed E-state index contributed by atoms with van der Waals surface area (Å²) in [5.41, 5.74) is 1.39. The van der Waals surface area contributed by atoms with E-state index in [1.165, 1.54) is 0 Å². The first-order chi connectivity index (χ1) is 10.0. The van der Waals surface area contributed by atoms with Gasteiger partial charge in [-0.25, -0.2) is 14.5 Å². The number of ether oxygens (including phenoxy) is 1. The summed E-state index contributed by atoms with van der Waals surface area (Å²) in [7, 11) is 0. The van der Waals surface area contributed by atoms with E-state index in [0.717, 1.165) is 18.4 Å². The molecule has 0 radical (unpaired) electrons. The third-order valence-corrected chi connectivity index (χ3v) is 2.74. The maximum atomic E-state index is 11.6. The summed E-state index contributed by atoms with van der Waals surface area (Å²) in [4.78, 5) is 31.1. The molecule has 0 amide bonds. The molecular weight excluding hydrogens is 276 g/mol. The highest BCUT2D eigenvalue weighted by Crippen LogP contribution is 2.15. The van der Waals surface area contributed by atoms with Crippen LogP contribution < -0.4 is 0 Å². The highest BCUT2D eigenvalue weighted by Gasteiger charge is 2.12. The summed E-state index contributed by atoms with van der Waals surface area (Å²) in [6, 6.07) is 6.86. The van der Waals surface area contributed by atoms with Gasteiger partial charge in [0.05, 0.1) is 17.2 Å². The highest BCUT2D eigenvalue weighted by atomic mass is 17.5. The van der Waals surface area contributed by atoms with Crippen molar-refractivity contribution in [2.45, 2.75) is 39.5 Å². The third kappa shape index (κ3) is 6.27. The fraction of sp³-hybridized carbons (Fsp3) is 0.467. The Kier molecular flexibility index (Phi) is 7.25. The Bertz CT molecular complexity index is 452. The van der Waals surface area contributed by atoms with E-state index in [4.69, 9.17) is 0 Å². The second-order valence-electron chi connectivity index (χ2n) is 4.75. The molecule has 0 N–H and O–H groups in total. The van der Waals surface area contributed by atoms with Gasteiger partial charge in [0.2, 0.25) is 0 Å². The van der Waals surface area contributed by atoms with E-state index < -0.39 is 12.1 Å². The second kappa shape index (κ2) is 8.97. The molecule has 0 bridgehead atoms. The second-order valence-corrected chi connectivity index (χ2v) is 4.75. The number of benzene rings is 1. The molecule has 1 rings (SSSR count). The van der Waals surface area contributed by atoms with E-state index in [9.17, 15) is 9.59 Å². The van der Waals surface area contributed by atoms with Gasteiger partial charge in [0.25, 0.3) is 0 Å². The molecule has 0 aliphatic heterocycles. The fourth-order valence-corrected chi connectivity index (χ4v) is 1.45. The highest BCUT2D eigenvalue weighted by molar-refractivity contribution is 5.88. The summed E-state index contributed by atoms with van der Waals surface area (Å²) in [5.74, 6) is -0.390. The third-order valence-electron chi connectivity index (χ3n) is 2.74. The average molecular weight is 296 g/mol. The predicted molar refractivity (Wildman–Crippen MR) is 74.4 cm³/mol. The zero-order chi connectivity index (χ0) is 15.7. The van der Waals surface area contributed by atoms with Crippen LogP contribution in [0.25, 0.3) is 0 Å². The van der Waals surface area contributed by atoms with Crippen LogP contribution in [0.15, 0.2) is 24.3 Å². The van der Waals surface area contributed by atoms with Crippen molar-refractivity contribution >= 4 is 12.1 Å². The molecule has 6 nitrogen and oxygen atoms in total. The van der Waals surface area contributed by atoms with Crippen molar-refractivity contribution in [3.63, 3.8) is 0 Å². The van der Waals surface area contributed by atoms with Crippen molar-refractivity contribution in [1.29, 1.82) is 0 Å². The Labute approximate surface area is 123 Å². The van der Waals surface area contributed by atoms with Crippen LogP contribution in [-0.4, -0.2) is 18.7 Å². The lowest BCUT2D eigenvalue weighted by molar-refractivity contribution is -0.452. The van der Waals surface area contributed by atoms with Crippen LogP contribution in [0, 0.1) is 0 Å². The van der Waals surface area contributed by atoms with Gasteiger partial charge in [-0.15, -0.1) is 0 Å². The number of hydrogen-bond acceptors (Lipinski definition) is 6. The quantitative estimate of drug-likeness (QED) is 0.330. The van der Waals surface area contributed by atoms with Crippen molar-refractivity contribution in [3.8, 4) is 0 Å². The SMILES string of the molecule is CCCCOC(=O)OOOC(=O)c1ccc(C(C)C)cc1. The molecule has 0 saturated carbocycles. The normalized spacial score (nSPS) is 10.3. The number of rotatable bonds is 7. The van der Waals surface area contributed by atoms with Gasteiger partial charge < -0.3 is 4.74 Å². The number of hydrogen-bond donors (Lipinski definition) is 0. The molecule has 0 atom stereocenters. The zero-order valence-corrected chi connectivity index (χ0v) is 12.5. The van der Waals surface area contributed by atoms with Crippen molar-refractivity contribution in [1.82, 2.24) is 0 Å². The largest absolute Gasteiger partial charge is 0.543 e. The fourth-order valence-electron chi connectivity index (χ4n) is 1.45. The summed E-state index contributed by atoms with van der Waals surface area (Å²) in [6.45, 7) is 6.28. The van der Waals surface area contributed by atoms with Gasteiger partial charge in [-0.1, -0.05) is 39.3 Å². The molecule has 0 aromatic heterocycles. The van der Waals surface area contributed by atoms with Gasteiger partial charge in [0.1, 0.15) is 0 Å². The lowest BCUT2D eigenvalue weighted by Crippen LogP contribution is -2.12. The Morgan fingerprint density at radius 2 is 1.76 bits per heavy atom. The van der Waals surface area contributed by atoms with Gasteiger partial charge in [-0.05, 0) is 30.0 Å². The first-order valence-corrected chi connectivity index (χ1v) is 6.86. The molecule has 0 heterocycles. The lowest BCUT2D eigenvalue weighted by Gasteiger charge is -2.06. The number of unbranched alkanes of at least 4 members (excludes halogenated alkanes) is 1. The van der Waals surface area contributed by atoms with Crippen molar-refractivity contribution in [2.24, 2.45) is 0 Å². The summed E-state index contributed by atoms with van der Waals surface area (Å²) in [6.07, 6.45) is 0.554. The zero-order valence-electron chi connectivity index (χ0n) is 12.5. The van der Waals surface area contributed by atoms with E-state index in [0.29, 0.717) is 11.5 Å². The first kappa shape index (κ1) is 17.0. The van der Waals surface area contributed by atoms with E-state index >= 15 is 0 Å². The Morgan fingerprint density at radius 1 is 1.10 bits per heavy atom. The molecule has 0 unspecified atom stereocenters. The smallest absolute Gasteiger partial charge is 0.432 e. The monoisotopic (exact) mass is 296 g/mol. The molecule has 1 aromatic rings. The summed E-state index contributed by atoms with van der Waals surface area (Å²) >= 11 is 0. The van der Waals surface area contributed by atoms with Crippen LogP contribution in [0.4, 0.5) is 4.79 Å². The van der Waals surface area contributed by atoms with E-state index in [1.54, 1.807) is 12.1 Å². The Balaban J connectivity index is 2.32. The van der Waals surface area contributed by atoms with Crippen molar-refractivity contribution in [3.05, 3.63) is 35.4 Å². The Morgan fingerprint density at radius 3 is 2.33 bits per heavy atom. The van der Waals surface area contributed by atoms with Crippen molar-refractivity contribution < 1.29 is 29.1 Å².